The number of hydrogen-bond acceptors (Lipinski definition) is 3. The van der Waals surface area contributed by atoms with Gasteiger partial charge in [0.15, 0.2) is 0 Å². The summed E-state index contributed by atoms with van der Waals surface area (Å²) >= 11 is 0. The maximum atomic E-state index is 12.9. The topological polar surface area (TPSA) is 77.6 Å². The van der Waals surface area contributed by atoms with E-state index in [-0.39, 0.29) is 17.0 Å². The molecule has 27 heavy (non-hydrogen) atoms. The Morgan fingerprint density at radius 2 is 2.04 bits per heavy atom. The van der Waals surface area contributed by atoms with Gasteiger partial charge in [0.2, 0.25) is 0 Å². The molecule has 2 N–H and O–H groups in total. The minimum absolute atomic E-state index is 0.161. The van der Waals surface area contributed by atoms with E-state index < -0.39 is 0 Å². The van der Waals surface area contributed by atoms with Crippen molar-refractivity contribution in [1.29, 1.82) is 0 Å². The molecule has 1 fully saturated rings. The van der Waals surface area contributed by atoms with E-state index in [4.69, 9.17) is 0 Å². The van der Waals surface area contributed by atoms with E-state index in [0.717, 1.165) is 36.4 Å². The van der Waals surface area contributed by atoms with Crippen LogP contribution in [0.15, 0.2) is 39.3 Å². The molecule has 1 aromatic heterocycles. The Hall–Kier alpha value is -2.63. The maximum Gasteiger partial charge on any atom is 0.261 e. The average Bonchev–Trinajstić information content (AvgIpc) is 3.04. The van der Waals surface area contributed by atoms with Crippen molar-refractivity contribution in [2.45, 2.75) is 40.0 Å². The summed E-state index contributed by atoms with van der Waals surface area (Å²) in [6.45, 7) is 7.09. The molecule has 1 amide bonds. The summed E-state index contributed by atoms with van der Waals surface area (Å²) in [6, 6.07) is 1.85. The molecule has 2 aliphatic heterocycles. The summed E-state index contributed by atoms with van der Waals surface area (Å²) in [6.07, 6.45) is 7.00. The van der Waals surface area contributed by atoms with Crippen molar-refractivity contribution in [2.75, 3.05) is 20.1 Å². The number of amidine groups is 1. The average molecular weight is 368 g/mol. The first-order valence-electron chi connectivity index (χ1n) is 9.60. The van der Waals surface area contributed by atoms with Crippen LogP contribution in [0.4, 0.5) is 0 Å². The highest BCUT2D eigenvalue weighted by Crippen LogP contribution is 2.32. The number of likely N-dealkylation sites (tertiary alicyclic amines) is 1. The minimum atomic E-state index is -0.292. The first-order valence-corrected chi connectivity index (χ1v) is 9.60. The van der Waals surface area contributed by atoms with Gasteiger partial charge < -0.3 is 15.2 Å². The van der Waals surface area contributed by atoms with Crippen LogP contribution in [0.5, 0.6) is 0 Å². The molecule has 6 nitrogen and oxygen atoms in total. The molecule has 0 aromatic carbocycles. The number of aliphatic imine (C=N–C) groups is 1. The highest BCUT2D eigenvalue weighted by atomic mass is 16.2. The van der Waals surface area contributed by atoms with E-state index in [2.05, 4.69) is 34.5 Å². The molecule has 0 atom stereocenters. The van der Waals surface area contributed by atoms with Crippen LogP contribution >= 0.6 is 0 Å². The fraction of sp³-hybridized carbons (Fsp3) is 0.476. The molecule has 0 bridgehead atoms. The molecule has 0 spiro atoms. The lowest BCUT2D eigenvalue weighted by Crippen LogP contribution is -2.41. The van der Waals surface area contributed by atoms with Crippen molar-refractivity contribution in [1.82, 2.24) is 15.2 Å². The van der Waals surface area contributed by atoms with Crippen LogP contribution in [0, 0.1) is 19.8 Å². The number of nitrogens with one attached hydrogen (secondary N) is 2. The number of H-pyrrole nitrogens is 1. The molecule has 2 aliphatic rings. The van der Waals surface area contributed by atoms with Crippen LogP contribution in [-0.2, 0) is 0 Å². The largest absolute Gasteiger partial charge is 0.346 e. The van der Waals surface area contributed by atoms with Gasteiger partial charge in [-0.05, 0) is 56.2 Å². The predicted octanol–water partition coefficient (Wildman–Crippen LogP) is 2.70. The summed E-state index contributed by atoms with van der Waals surface area (Å²) in [7, 11) is 1.80. The molecular formula is C21H28N4O2. The number of amides is 1. The first-order chi connectivity index (χ1) is 13.0. The van der Waals surface area contributed by atoms with Gasteiger partial charge in [-0.3, -0.25) is 14.6 Å². The van der Waals surface area contributed by atoms with Gasteiger partial charge in [-0.1, -0.05) is 13.0 Å². The van der Waals surface area contributed by atoms with Crippen LogP contribution < -0.4 is 10.9 Å². The Labute approximate surface area is 160 Å². The normalized spacial score (nSPS) is 20.9. The Bertz CT molecular complexity index is 884. The molecule has 144 valence electrons. The standard InChI is InChI=1S/C21H28N4O2/c1-5-6-16-17(12-23-19(16)22-4)15-7-9-25(10-8-15)21(27)18-13(2)11-14(3)24-20(18)26/h6,11-12,15H,5,7-10H2,1-4H3,(H,22,23)(H,24,26)/b16-6-. The molecule has 0 aliphatic carbocycles. The first kappa shape index (κ1) is 19.1. The number of carbonyl (C=O) groups excluding carboxylic acids is 1. The third kappa shape index (κ3) is 3.75. The summed E-state index contributed by atoms with van der Waals surface area (Å²) in [4.78, 5) is 34.0. The van der Waals surface area contributed by atoms with Gasteiger partial charge in [0.05, 0.1) is 0 Å². The minimum Gasteiger partial charge on any atom is -0.346 e. The molecule has 1 aromatic rings. The number of carbonyl (C=O) groups is 1. The van der Waals surface area contributed by atoms with Gasteiger partial charge in [0.1, 0.15) is 11.4 Å². The van der Waals surface area contributed by atoms with Crippen LogP contribution in [0.25, 0.3) is 0 Å². The molecule has 6 heteroatoms. The van der Waals surface area contributed by atoms with Gasteiger partial charge >= 0.3 is 0 Å². The fourth-order valence-corrected chi connectivity index (χ4v) is 4.05. The molecule has 0 unspecified atom stereocenters. The second kappa shape index (κ2) is 7.94. The van der Waals surface area contributed by atoms with E-state index >= 15 is 0 Å². The number of allylic oxidation sites excluding steroid dienone is 1. The third-order valence-corrected chi connectivity index (χ3v) is 5.36. The van der Waals surface area contributed by atoms with Crippen molar-refractivity contribution in [3.8, 4) is 0 Å². The number of pyridine rings is 1. The summed E-state index contributed by atoms with van der Waals surface area (Å²) < 4.78 is 0. The summed E-state index contributed by atoms with van der Waals surface area (Å²) in [5.74, 6) is 1.16. The van der Waals surface area contributed by atoms with Gasteiger partial charge in [-0.2, -0.15) is 0 Å². The lowest BCUT2D eigenvalue weighted by atomic mass is 9.85. The van der Waals surface area contributed by atoms with Gasteiger partial charge in [-0.25, -0.2) is 0 Å². The molecule has 0 radical (unpaired) electrons. The molecule has 0 saturated carbocycles. The smallest absolute Gasteiger partial charge is 0.261 e. The highest BCUT2D eigenvalue weighted by Gasteiger charge is 2.31. The Balaban J connectivity index is 1.72. The molecule has 3 rings (SSSR count). The third-order valence-electron chi connectivity index (χ3n) is 5.36. The van der Waals surface area contributed by atoms with E-state index in [9.17, 15) is 9.59 Å². The number of aromatic amines is 1. The monoisotopic (exact) mass is 368 g/mol. The second-order valence-electron chi connectivity index (χ2n) is 7.25. The zero-order valence-electron chi connectivity index (χ0n) is 16.6. The van der Waals surface area contributed by atoms with E-state index in [0.29, 0.717) is 19.0 Å². The summed E-state index contributed by atoms with van der Waals surface area (Å²) in [5.41, 5.74) is 3.97. The molecular weight excluding hydrogens is 340 g/mol. The lowest BCUT2D eigenvalue weighted by molar-refractivity contribution is 0.0700. The van der Waals surface area contributed by atoms with E-state index in [1.807, 2.05) is 24.8 Å². The van der Waals surface area contributed by atoms with Crippen molar-refractivity contribution in [2.24, 2.45) is 10.9 Å². The second-order valence-corrected chi connectivity index (χ2v) is 7.25. The van der Waals surface area contributed by atoms with Gasteiger partial charge in [0, 0.05) is 37.6 Å². The lowest BCUT2D eigenvalue weighted by Gasteiger charge is -2.33. The van der Waals surface area contributed by atoms with E-state index in [1.165, 1.54) is 11.1 Å². The summed E-state index contributed by atoms with van der Waals surface area (Å²) in [5, 5.41) is 3.26. The van der Waals surface area contributed by atoms with E-state index in [1.54, 1.807) is 7.05 Å². The number of aryl methyl sites for hydroxylation is 2. The van der Waals surface area contributed by atoms with Crippen molar-refractivity contribution in [3.05, 3.63) is 56.7 Å². The van der Waals surface area contributed by atoms with Gasteiger partial charge in [0.25, 0.3) is 11.5 Å². The van der Waals surface area contributed by atoms with Crippen molar-refractivity contribution < 1.29 is 4.79 Å². The maximum absolute atomic E-state index is 12.9. The number of aromatic nitrogens is 1. The number of piperidine rings is 1. The van der Waals surface area contributed by atoms with Crippen molar-refractivity contribution in [3.63, 3.8) is 0 Å². The Morgan fingerprint density at radius 3 is 2.63 bits per heavy atom. The Morgan fingerprint density at radius 1 is 1.33 bits per heavy atom. The quantitative estimate of drug-likeness (QED) is 0.861. The number of hydrogen-bond donors (Lipinski definition) is 2. The predicted molar refractivity (Wildman–Crippen MR) is 108 cm³/mol. The van der Waals surface area contributed by atoms with Crippen LogP contribution in [0.1, 0.15) is 47.8 Å². The SMILES string of the molecule is CC/C=C1/C(C2CCN(C(=O)c3c(C)cc(C)[nH]c3=O)CC2)=CNC1=NC. The van der Waals surface area contributed by atoms with Crippen LogP contribution in [0.2, 0.25) is 0 Å². The zero-order valence-corrected chi connectivity index (χ0v) is 16.6. The van der Waals surface area contributed by atoms with Crippen molar-refractivity contribution >= 4 is 11.7 Å². The van der Waals surface area contributed by atoms with Gasteiger partial charge in [-0.15, -0.1) is 0 Å². The van der Waals surface area contributed by atoms with Crippen LogP contribution in [0.3, 0.4) is 0 Å². The highest BCUT2D eigenvalue weighted by molar-refractivity contribution is 6.05. The molecule has 1 saturated heterocycles. The zero-order chi connectivity index (χ0) is 19.6. The van der Waals surface area contributed by atoms with Crippen LogP contribution in [-0.4, -0.2) is 41.8 Å². The number of nitrogens with zero attached hydrogens (tertiary/aromatic N) is 2. The number of rotatable bonds is 3. The Kier molecular flexibility index (Phi) is 5.63. The molecule has 3 heterocycles. The fourth-order valence-electron chi connectivity index (χ4n) is 4.05.